The van der Waals surface area contributed by atoms with E-state index in [4.69, 9.17) is 17.0 Å². The third-order valence-electron chi connectivity index (χ3n) is 3.36. The molecule has 1 aromatic carbocycles. The predicted octanol–water partition coefficient (Wildman–Crippen LogP) is 4.19. The Morgan fingerprint density at radius 2 is 1.67 bits per heavy atom. The van der Waals surface area contributed by atoms with Crippen LogP contribution in [0.4, 0.5) is 32.0 Å². The van der Waals surface area contributed by atoms with Crippen LogP contribution >= 0.6 is 12.2 Å². The third kappa shape index (κ3) is 5.23. The van der Waals surface area contributed by atoms with Gasteiger partial charge in [-0.2, -0.15) is 26.3 Å². The topological polar surface area (TPSA) is 33.3 Å². The Labute approximate surface area is 139 Å². The molecular weight excluding hydrogens is 358 g/mol. The monoisotopic (exact) mass is 372 g/mol. The summed E-state index contributed by atoms with van der Waals surface area (Å²) < 4.78 is 81.9. The molecule has 10 heteroatoms. The number of hydrogen-bond acceptors (Lipinski definition) is 2. The van der Waals surface area contributed by atoms with Gasteiger partial charge in [0.2, 0.25) is 0 Å². The Bertz CT molecular complexity index is 564. The number of ether oxygens (including phenoxy) is 1. The molecule has 0 aliphatic carbocycles. The second-order valence-electron chi connectivity index (χ2n) is 5.26. The highest BCUT2D eigenvalue weighted by Crippen LogP contribution is 2.37. The smallest absolute Gasteiger partial charge is 0.376 e. The molecule has 0 radical (unpaired) electrons. The molecule has 1 saturated heterocycles. The van der Waals surface area contributed by atoms with Crippen molar-refractivity contribution in [1.82, 2.24) is 5.32 Å². The normalized spacial score (nSPS) is 18.5. The van der Waals surface area contributed by atoms with Gasteiger partial charge in [0, 0.05) is 18.8 Å². The van der Waals surface area contributed by atoms with Crippen LogP contribution in [0.25, 0.3) is 0 Å². The molecule has 0 aromatic heterocycles. The maximum atomic E-state index is 12.8. The van der Waals surface area contributed by atoms with Crippen molar-refractivity contribution in [3.63, 3.8) is 0 Å². The molecule has 134 valence electrons. The molecule has 0 spiro atoms. The number of anilines is 1. The molecule has 3 nitrogen and oxygen atoms in total. The molecular formula is C14H14F6N2OS. The van der Waals surface area contributed by atoms with E-state index >= 15 is 0 Å². The van der Waals surface area contributed by atoms with Crippen LogP contribution < -0.4 is 10.6 Å². The lowest BCUT2D eigenvalue weighted by atomic mass is 10.1. The van der Waals surface area contributed by atoms with Crippen LogP contribution in [0.2, 0.25) is 0 Å². The van der Waals surface area contributed by atoms with Gasteiger partial charge in [-0.25, -0.2) is 0 Å². The van der Waals surface area contributed by atoms with Gasteiger partial charge in [-0.1, -0.05) is 0 Å². The van der Waals surface area contributed by atoms with Crippen molar-refractivity contribution >= 4 is 23.0 Å². The lowest BCUT2D eigenvalue weighted by Gasteiger charge is -2.17. The average Bonchev–Trinajstić information content (AvgIpc) is 2.96. The summed E-state index contributed by atoms with van der Waals surface area (Å²) in [5.41, 5.74) is -3.19. The van der Waals surface area contributed by atoms with Gasteiger partial charge >= 0.3 is 12.4 Å². The molecule has 0 unspecified atom stereocenters. The largest absolute Gasteiger partial charge is 0.416 e. The molecule has 2 N–H and O–H groups in total. The molecule has 1 aromatic rings. The summed E-state index contributed by atoms with van der Waals surface area (Å²) in [7, 11) is 0. The highest BCUT2D eigenvalue weighted by molar-refractivity contribution is 7.80. The van der Waals surface area contributed by atoms with Crippen molar-refractivity contribution in [3.8, 4) is 0 Å². The van der Waals surface area contributed by atoms with Gasteiger partial charge < -0.3 is 15.4 Å². The Balaban J connectivity index is 2.11. The number of benzene rings is 1. The van der Waals surface area contributed by atoms with E-state index in [9.17, 15) is 26.3 Å². The fraction of sp³-hybridized carbons (Fsp3) is 0.500. The Hall–Kier alpha value is -1.55. The van der Waals surface area contributed by atoms with Gasteiger partial charge in [-0.15, -0.1) is 0 Å². The summed E-state index contributed by atoms with van der Waals surface area (Å²) in [5.74, 6) is 0. The van der Waals surface area contributed by atoms with Crippen LogP contribution in [0.3, 0.4) is 0 Å². The summed E-state index contributed by atoms with van der Waals surface area (Å²) in [5, 5.41) is 5.01. The Kier molecular flexibility index (Phi) is 5.59. The van der Waals surface area contributed by atoms with Gasteiger partial charge in [0.05, 0.1) is 17.2 Å². The zero-order valence-electron chi connectivity index (χ0n) is 12.2. The van der Waals surface area contributed by atoms with E-state index in [2.05, 4.69) is 10.6 Å². The first-order chi connectivity index (χ1) is 11.1. The summed E-state index contributed by atoms with van der Waals surface area (Å²) in [6.07, 6.45) is -8.15. The molecule has 1 atom stereocenters. The van der Waals surface area contributed by atoms with Crippen molar-refractivity contribution in [3.05, 3.63) is 29.3 Å². The van der Waals surface area contributed by atoms with Gasteiger partial charge in [-0.3, -0.25) is 0 Å². The number of rotatable bonds is 3. The van der Waals surface area contributed by atoms with Crippen LogP contribution in [0.5, 0.6) is 0 Å². The molecule has 0 amide bonds. The lowest BCUT2D eigenvalue weighted by Crippen LogP contribution is -2.34. The van der Waals surface area contributed by atoms with E-state index in [-0.39, 0.29) is 23.0 Å². The van der Waals surface area contributed by atoms with Crippen LogP contribution in [0, 0.1) is 0 Å². The fourth-order valence-corrected chi connectivity index (χ4v) is 2.42. The summed E-state index contributed by atoms with van der Waals surface area (Å²) >= 11 is 4.90. The Morgan fingerprint density at radius 3 is 2.12 bits per heavy atom. The van der Waals surface area contributed by atoms with Gasteiger partial charge in [-0.05, 0) is 43.3 Å². The van der Waals surface area contributed by atoms with E-state index in [1.165, 1.54) is 0 Å². The van der Waals surface area contributed by atoms with E-state index in [1.807, 2.05) is 0 Å². The average molecular weight is 372 g/mol. The molecule has 1 fully saturated rings. The number of nitrogens with one attached hydrogen (secondary N) is 2. The molecule has 1 aliphatic heterocycles. The standard InChI is InChI=1S/C14H14F6N2OS/c15-13(16,17)8-4-9(14(18,19)20)6-10(5-8)22-12(24)21-7-11-2-1-3-23-11/h4-6,11H,1-3,7H2,(H2,21,22,24)/t11-/m1/s1. The molecule has 2 rings (SSSR count). The highest BCUT2D eigenvalue weighted by Gasteiger charge is 2.37. The molecule has 1 heterocycles. The first-order valence-electron chi connectivity index (χ1n) is 7.01. The van der Waals surface area contributed by atoms with Crippen molar-refractivity contribution in [1.29, 1.82) is 0 Å². The van der Waals surface area contributed by atoms with Crippen molar-refractivity contribution in [2.24, 2.45) is 0 Å². The third-order valence-corrected chi connectivity index (χ3v) is 3.61. The fourth-order valence-electron chi connectivity index (χ4n) is 2.21. The van der Waals surface area contributed by atoms with Crippen LogP contribution in [0.1, 0.15) is 24.0 Å². The Morgan fingerprint density at radius 1 is 1.08 bits per heavy atom. The summed E-state index contributed by atoms with van der Waals surface area (Å²) in [6, 6.07) is 1.22. The summed E-state index contributed by atoms with van der Waals surface area (Å²) in [6.45, 7) is 0.950. The first-order valence-corrected chi connectivity index (χ1v) is 7.42. The molecule has 24 heavy (non-hydrogen) atoms. The number of halogens is 6. The minimum atomic E-state index is -4.90. The second-order valence-corrected chi connectivity index (χ2v) is 5.67. The minimum Gasteiger partial charge on any atom is -0.376 e. The minimum absolute atomic E-state index is 0.0635. The van der Waals surface area contributed by atoms with Crippen LogP contribution in [0.15, 0.2) is 18.2 Å². The highest BCUT2D eigenvalue weighted by atomic mass is 32.1. The van der Waals surface area contributed by atoms with Gasteiger partial charge in [0.15, 0.2) is 5.11 Å². The van der Waals surface area contributed by atoms with Crippen LogP contribution in [-0.4, -0.2) is 24.4 Å². The quantitative estimate of drug-likeness (QED) is 0.616. The van der Waals surface area contributed by atoms with E-state index in [0.717, 1.165) is 12.8 Å². The lowest BCUT2D eigenvalue weighted by molar-refractivity contribution is -0.143. The molecule has 1 aliphatic rings. The second kappa shape index (κ2) is 7.14. The maximum Gasteiger partial charge on any atom is 0.416 e. The SMILES string of the molecule is FC(F)(F)c1cc(NC(=S)NC[C@H]2CCCO2)cc(C(F)(F)F)c1. The first kappa shape index (κ1) is 18.8. The molecule has 0 saturated carbocycles. The van der Waals surface area contributed by atoms with Gasteiger partial charge in [0.25, 0.3) is 0 Å². The van der Waals surface area contributed by atoms with Gasteiger partial charge in [0.1, 0.15) is 0 Å². The van der Waals surface area contributed by atoms with E-state index in [0.29, 0.717) is 25.3 Å². The number of alkyl halides is 6. The zero-order chi connectivity index (χ0) is 18.0. The summed E-state index contributed by atoms with van der Waals surface area (Å²) in [4.78, 5) is 0. The maximum absolute atomic E-state index is 12.8. The number of thiocarbonyl (C=S) groups is 1. The molecule has 0 bridgehead atoms. The zero-order valence-corrected chi connectivity index (χ0v) is 13.0. The number of hydrogen-bond donors (Lipinski definition) is 2. The van der Waals surface area contributed by atoms with Crippen molar-refractivity contribution in [2.75, 3.05) is 18.5 Å². The van der Waals surface area contributed by atoms with Crippen LogP contribution in [-0.2, 0) is 17.1 Å². The van der Waals surface area contributed by atoms with E-state index in [1.54, 1.807) is 0 Å². The predicted molar refractivity (Wildman–Crippen MR) is 79.6 cm³/mol. The van der Waals surface area contributed by atoms with E-state index < -0.39 is 23.5 Å². The van der Waals surface area contributed by atoms with Crippen molar-refractivity contribution < 1.29 is 31.1 Å². The van der Waals surface area contributed by atoms with Crippen molar-refractivity contribution in [2.45, 2.75) is 31.3 Å².